The van der Waals surface area contributed by atoms with Crippen molar-refractivity contribution in [3.63, 3.8) is 0 Å². The van der Waals surface area contributed by atoms with Crippen LogP contribution in [0.3, 0.4) is 0 Å². The van der Waals surface area contributed by atoms with Gasteiger partial charge in [0.1, 0.15) is 31.3 Å². The molecule has 0 unspecified atom stereocenters. The summed E-state index contributed by atoms with van der Waals surface area (Å²) in [5.41, 5.74) is 1.66. The molecule has 150 valence electrons. The summed E-state index contributed by atoms with van der Waals surface area (Å²) in [6.45, 7) is 6.45. The maximum absolute atomic E-state index is 12.1. The zero-order chi connectivity index (χ0) is 20.6. The van der Waals surface area contributed by atoms with Gasteiger partial charge >= 0.3 is 5.97 Å². The molecule has 0 bridgehead atoms. The second kappa shape index (κ2) is 9.78. The number of benzene rings is 2. The first-order chi connectivity index (χ1) is 13.3. The summed E-state index contributed by atoms with van der Waals surface area (Å²) < 4.78 is 15.6. The average molecular weight is 385 g/mol. The Morgan fingerprint density at radius 2 is 1.50 bits per heavy atom. The predicted molar refractivity (Wildman–Crippen MR) is 107 cm³/mol. The summed E-state index contributed by atoms with van der Waals surface area (Å²) in [6, 6.07) is 14.5. The summed E-state index contributed by atoms with van der Waals surface area (Å²) in [4.78, 5) is 23.9. The highest BCUT2D eigenvalue weighted by Crippen LogP contribution is 2.22. The molecule has 1 amide bonds. The first-order valence-electron chi connectivity index (χ1n) is 9.11. The Bertz CT molecular complexity index is 776. The number of hydrogen-bond donors (Lipinski definition) is 1. The van der Waals surface area contributed by atoms with Crippen molar-refractivity contribution in [1.29, 1.82) is 0 Å². The molecule has 0 atom stereocenters. The van der Waals surface area contributed by atoms with Gasteiger partial charge in [-0.15, -0.1) is 0 Å². The van der Waals surface area contributed by atoms with Crippen molar-refractivity contribution in [3.05, 3.63) is 59.7 Å². The lowest BCUT2D eigenvalue weighted by Gasteiger charge is -2.19. The molecule has 28 heavy (non-hydrogen) atoms. The fraction of sp³-hybridized carbons (Fsp3) is 0.364. The van der Waals surface area contributed by atoms with Crippen molar-refractivity contribution in [2.24, 2.45) is 0 Å². The van der Waals surface area contributed by atoms with Gasteiger partial charge in [0, 0.05) is 5.56 Å². The molecule has 6 heteroatoms. The first kappa shape index (κ1) is 21.3. The molecule has 0 aromatic heterocycles. The van der Waals surface area contributed by atoms with Crippen molar-refractivity contribution >= 4 is 11.9 Å². The van der Waals surface area contributed by atoms with Gasteiger partial charge in [-0.3, -0.25) is 9.59 Å². The van der Waals surface area contributed by atoms with E-state index >= 15 is 0 Å². The molecule has 1 N–H and O–H groups in total. The van der Waals surface area contributed by atoms with Crippen LogP contribution in [0.4, 0.5) is 0 Å². The van der Waals surface area contributed by atoms with E-state index in [-0.39, 0.29) is 31.1 Å². The Hall–Kier alpha value is -3.02. The molecule has 0 aliphatic rings. The molecule has 6 nitrogen and oxygen atoms in total. The summed E-state index contributed by atoms with van der Waals surface area (Å²) in [6.07, 6.45) is 0. The van der Waals surface area contributed by atoms with Crippen LogP contribution in [0.15, 0.2) is 48.5 Å². The topological polar surface area (TPSA) is 73.9 Å². The van der Waals surface area contributed by atoms with Crippen LogP contribution in [0.1, 0.15) is 36.7 Å². The number of methoxy groups -OCH3 is 1. The number of hydrogen-bond acceptors (Lipinski definition) is 5. The van der Waals surface area contributed by atoms with Gasteiger partial charge in [-0.05, 0) is 47.4 Å². The van der Waals surface area contributed by atoms with Gasteiger partial charge in [-0.25, -0.2) is 0 Å². The van der Waals surface area contributed by atoms with Gasteiger partial charge in [-0.2, -0.15) is 0 Å². The van der Waals surface area contributed by atoms with Crippen LogP contribution in [0, 0.1) is 0 Å². The smallest absolute Gasteiger partial charge is 0.325 e. The number of amides is 1. The fourth-order valence-corrected chi connectivity index (χ4v) is 2.41. The normalized spacial score (nSPS) is 10.9. The minimum absolute atomic E-state index is 0.0205. The Labute approximate surface area is 165 Å². The summed E-state index contributed by atoms with van der Waals surface area (Å²) in [5.74, 6) is 0.566. The van der Waals surface area contributed by atoms with Crippen LogP contribution in [-0.2, 0) is 14.9 Å². The molecule has 2 aromatic carbocycles. The lowest BCUT2D eigenvalue weighted by Crippen LogP contribution is -2.31. The van der Waals surface area contributed by atoms with E-state index in [1.807, 2.05) is 12.1 Å². The van der Waals surface area contributed by atoms with Crippen molar-refractivity contribution in [3.8, 4) is 11.5 Å². The largest absolute Gasteiger partial charge is 0.497 e. The van der Waals surface area contributed by atoms with Crippen LogP contribution < -0.4 is 14.8 Å². The highest BCUT2D eigenvalue weighted by Gasteiger charge is 2.14. The fourth-order valence-electron chi connectivity index (χ4n) is 2.41. The van der Waals surface area contributed by atoms with Crippen molar-refractivity contribution in [2.75, 3.05) is 26.9 Å². The van der Waals surface area contributed by atoms with E-state index in [1.54, 1.807) is 43.5 Å². The molecule has 0 fully saturated rings. The molecule has 0 saturated carbocycles. The van der Waals surface area contributed by atoms with Gasteiger partial charge in [0.05, 0.1) is 7.11 Å². The minimum Gasteiger partial charge on any atom is -0.497 e. The van der Waals surface area contributed by atoms with E-state index in [4.69, 9.17) is 14.2 Å². The van der Waals surface area contributed by atoms with Crippen LogP contribution >= 0.6 is 0 Å². The number of esters is 1. The maximum Gasteiger partial charge on any atom is 0.325 e. The summed E-state index contributed by atoms with van der Waals surface area (Å²) in [7, 11) is 1.59. The van der Waals surface area contributed by atoms with Crippen molar-refractivity contribution in [1.82, 2.24) is 5.32 Å². The molecular formula is C22H27NO5. The van der Waals surface area contributed by atoms with Gasteiger partial charge in [0.2, 0.25) is 0 Å². The number of rotatable bonds is 8. The van der Waals surface area contributed by atoms with Gasteiger partial charge in [-0.1, -0.05) is 32.9 Å². The molecule has 0 heterocycles. The predicted octanol–water partition coefficient (Wildman–Crippen LogP) is 3.34. The highest BCUT2D eigenvalue weighted by molar-refractivity contribution is 5.95. The Kier molecular flexibility index (Phi) is 7.44. The summed E-state index contributed by atoms with van der Waals surface area (Å²) >= 11 is 0. The van der Waals surface area contributed by atoms with E-state index in [2.05, 4.69) is 26.1 Å². The Morgan fingerprint density at radius 1 is 0.893 bits per heavy atom. The van der Waals surface area contributed by atoms with Gasteiger partial charge in [0.25, 0.3) is 5.91 Å². The molecule has 2 aromatic rings. The number of ether oxygens (including phenoxy) is 3. The zero-order valence-corrected chi connectivity index (χ0v) is 16.8. The van der Waals surface area contributed by atoms with Gasteiger partial charge in [0.15, 0.2) is 0 Å². The molecular weight excluding hydrogens is 358 g/mol. The highest BCUT2D eigenvalue weighted by atomic mass is 16.6. The summed E-state index contributed by atoms with van der Waals surface area (Å²) in [5, 5.41) is 2.56. The molecule has 0 aliphatic heterocycles. The van der Waals surface area contributed by atoms with Crippen molar-refractivity contribution < 1.29 is 23.8 Å². The van der Waals surface area contributed by atoms with Crippen LogP contribution in [0.25, 0.3) is 0 Å². The third kappa shape index (κ3) is 6.61. The second-order valence-corrected chi connectivity index (χ2v) is 7.25. The Morgan fingerprint density at radius 3 is 2.07 bits per heavy atom. The molecule has 0 radical (unpaired) electrons. The minimum atomic E-state index is -0.516. The standard InChI is InChI=1S/C22H27NO5/c1-22(2,3)17-7-5-16(6-8-17)21(25)23-15-20(24)28-14-13-27-19-11-9-18(26-4)10-12-19/h5-12H,13-15H2,1-4H3,(H,23,25). The van der Waals surface area contributed by atoms with Crippen LogP contribution in [-0.4, -0.2) is 38.7 Å². The molecule has 0 spiro atoms. The van der Waals surface area contributed by atoms with Gasteiger partial charge < -0.3 is 19.5 Å². The Balaban J connectivity index is 1.68. The first-order valence-corrected chi connectivity index (χ1v) is 9.11. The third-order valence-electron chi connectivity index (χ3n) is 4.08. The second-order valence-electron chi connectivity index (χ2n) is 7.25. The lowest BCUT2D eigenvalue weighted by atomic mass is 9.87. The third-order valence-corrected chi connectivity index (χ3v) is 4.08. The molecule has 0 aliphatic carbocycles. The number of carbonyl (C=O) groups is 2. The molecule has 2 rings (SSSR count). The SMILES string of the molecule is COc1ccc(OCCOC(=O)CNC(=O)c2ccc(C(C)(C)C)cc2)cc1. The van der Waals surface area contributed by atoms with Crippen molar-refractivity contribution in [2.45, 2.75) is 26.2 Å². The van der Waals surface area contributed by atoms with Crippen LogP contribution in [0.2, 0.25) is 0 Å². The number of nitrogens with one attached hydrogen (secondary N) is 1. The van der Waals surface area contributed by atoms with E-state index in [9.17, 15) is 9.59 Å². The lowest BCUT2D eigenvalue weighted by molar-refractivity contribution is -0.143. The van der Waals surface area contributed by atoms with E-state index in [0.717, 1.165) is 11.3 Å². The van der Waals surface area contributed by atoms with E-state index < -0.39 is 5.97 Å². The quantitative estimate of drug-likeness (QED) is 0.557. The van der Waals surface area contributed by atoms with E-state index in [1.165, 1.54) is 0 Å². The average Bonchev–Trinajstić information content (AvgIpc) is 2.69. The van der Waals surface area contributed by atoms with Crippen LogP contribution in [0.5, 0.6) is 11.5 Å². The monoisotopic (exact) mass is 385 g/mol. The molecule has 0 saturated heterocycles. The zero-order valence-electron chi connectivity index (χ0n) is 16.8. The maximum atomic E-state index is 12.1. The number of carbonyl (C=O) groups excluding carboxylic acids is 2. The van der Waals surface area contributed by atoms with E-state index in [0.29, 0.717) is 11.3 Å².